The summed E-state index contributed by atoms with van der Waals surface area (Å²) in [5.41, 5.74) is 3.18. The number of hydrogen-bond donors (Lipinski definition) is 2. The molecule has 0 fully saturated rings. The van der Waals surface area contributed by atoms with E-state index in [0.717, 1.165) is 10.1 Å². The molecule has 0 bridgehead atoms. The van der Waals surface area contributed by atoms with E-state index in [1.165, 1.54) is 23.4 Å². The number of allylic oxidation sites excluding steroid dienone is 2. The molecule has 0 unspecified atom stereocenters. The number of ether oxygens (including phenoxy) is 1. The number of rotatable bonds is 7. The first-order chi connectivity index (χ1) is 12.8. The minimum Gasteiger partial charge on any atom is -0.491 e. The summed E-state index contributed by atoms with van der Waals surface area (Å²) in [4.78, 5) is 7.11. The summed E-state index contributed by atoms with van der Waals surface area (Å²) >= 11 is 8.15. The molecule has 0 aromatic heterocycles. The summed E-state index contributed by atoms with van der Waals surface area (Å²) < 4.78 is 34.9. The minimum absolute atomic E-state index is 0.0329. The number of benzene rings is 1. The lowest BCUT2D eigenvalue weighted by Gasteiger charge is -2.22. The van der Waals surface area contributed by atoms with Crippen molar-refractivity contribution in [3.05, 3.63) is 55.9 Å². The highest BCUT2D eigenvalue weighted by Crippen LogP contribution is 2.34. The Morgan fingerprint density at radius 3 is 2.89 bits per heavy atom. The molecule has 3 rings (SSSR count). The van der Waals surface area contributed by atoms with Crippen LogP contribution in [-0.2, 0) is 15.0 Å². The van der Waals surface area contributed by atoms with Crippen molar-refractivity contribution < 1.29 is 18.1 Å². The number of sulfonamides is 1. The van der Waals surface area contributed by atoms with E-state index < -0.39 is 10.0 Å². The van der Waals surface area contributed by atoms with Crippen LogP contribution >= 0.6 is 34.2 Å². The van der Waals surface area contributed by atoms with Crippen LogP contribution in [0.3, 0.4) is 0 Å². The van der Waals surface area contributed by atoms with Crippen molar-refractivity contribution in [1.82, 2.24) is 15.4 Å². The molecule has 0 spiro atoms. The molecule has 1 aromatic carbocycles. The average molecular weight is 525 g/mol. The zero-order chi connectivity index (χ0) is 19.6. The highest BCUT2D eigenvalue weighted by atomic mass is 127. The summed E-state index contributed by atoms with van der Waals surface area (Å²) in [6.45, 7) is 1.25. The third-order valence-corrected chi connectivity index (χ3v) is 6.25. The van der Waals surface area contributed by atoms with Crippen LogP contribution in [0.5, 0.6) is 5.75 Å². The van der Waals surface area contributed by atoms with Gasteiger partial charge in [-0.25, -0.2) is 13.9 Å². The fourth-order valence-corrected chi connectivity index (χ4v) is 4.21. The van der Waals surface area contributed by atoms with E-state index in [2.05, 4.69) is 32.8 Å². The molecular formula is C16H18ClIN4O4S. The Morgan fingerprint density at radius 2 is 2.15 bits per heavy atom. The van der Waals surface area contributed by atoms with Crippen LogP contribution in [0.15, 0.2) is 52.3 Å². The monoisotopic (exact) mass is 524 g/mol. The highest BCUT2D eigenvalue weighted by Gasteiger charge is 2.33. The van der Waals surface area contributed by atoms with Gasteiger partial charge in [-0.2, -0.15) is 10.0 Å². The van der Waals surface area contributed by atoms with Crippen LogP contribution in [-0.4, -0.2) is 45.6 Å². The molecule has 0 aliphatic carbocycles. The molecular weight excluding hydrogens is 507 g/mol. The van der Waals surface area contributed by atoms with Gasteiger partial charge in [-0.05, 0) is 61.0 Å². The molecule has 2 heterocycles. The lowest BCUT2D eigenvalue weighted by atomic mass is 10.3. The van der Waals surface area contributed by atoms with Crippen LogP contribution in [0.4, 0.5) is 5.69 Å². The van der Waals surface area contributed by atoms with Gasteiger partial charge in [0, 0.05) is 12.6 Å². The minimum atomic E-state index is -3.87. The van der Waals surface area contributed by atoms with Gasteiger partial charge in [0.2, 0.25) is 0 Å². The van der Waals surface area contributed by atoms with Crippen LogP contribution in [0.1, 0.15) is 0 Å². The SMILES string of the molecule is CN(C)CCOc1cc(NS(=O)(=O)C2=CC=C(Cl)N3ONC=C23)ccc1I. The molecule has 8 nitrogen and oxygen atoms in total. The lowest BCUT2D eigenvalue weighted by molar-refractivity contribution is -0.117. The van der Waals surface area contributed by atoms with Crippen molar-refractivity contribution in [1.29, 1.82) is 0 Å². The van der Waals surface area contributed by atoms with E-state index in [1.54, 1.807) is 18.2 Å². The van der Waals surface area contributed by atoms with Gasteiger partial charge in [0.1, 0.15) is 28.1 Å². The van der Waals surface area contributed by atoms with Gasteiger partial charge in [-0.3, -0.25) is 4.72 Å². The number of likely N-dealkylation sites (N-methyl/N-ethyl adjacent to an activating group) is 1. The third kappa shape index (κ3) is 4.69. The first kappa shape index (κ1) is 20.3. The first-order valence-electron chi connectivity index (χ1n) is 7.88. The largest absolute Gasteiger partial charge is 0.491 e. The molecule has 146 valence electrons. The van der Waals surface area contributed by atoms with E-state index in [0.29, 0.717) is 23.7 Å². The van der Waals surface area contributed by atoms with E-state index in [1.807, 2.05) is 19.0 Å². The maximum absolute atomic E-state index is 12.9. The van der Waals surface area contributed by atoms with Gasteiger partial charge in [-0.15, -0.1) is 0 Å². The Hall–Kier alpha value is -1.47. The van der Waals surface area contributed by atoms with Gasteiger partial charge in [0.25, 0.3) is 10.0 Å². The number of halogens is 2. The zero-order valence-corrected chi connectivity index (χ0v) is 18.3. The summed E-state index contributed by atoms with van der Waals surface area (Å²) in [6.07, 6.45) is 4.29. The smallest absolute Gasteiger partial charge is 0.264 e. The molecule has 1 aromatic rings. The highest BCUT2D eigenvalue weighted by molar-refractivity contribution is 14.1. The normalized spacial score (nSPS) is 16.3. The Morgan fingerprint density at radius 1 is 1.37 bits per heavy atom. The van der Waals surface area contributed by atoms with Crippen LogP contribution < -0.4 is 14.9 Å². The molecule has 11 heteroatoms. The Labute approximate surface area is 176 Å². The predicted molar refractivity (Wildman–Crippen MR) is 112 cm³/mol. The standard InChI is InChI=1S/C16H18ClIN4O4S/c1-21(2)7-8-25-14-9-11(3-4-12(14)18)20-27(23,24)15-5-6-16(17)22-13(15)10-19-26-22/h3-6,9-10,19-20H,7-8H2,1-2H3. The quantitative estimate of drug-likeness (QED) is 0.419. The number of hydroxylamine groups is 3. The maximum atomic E-state index is 12.9. The van der Waals surface area contributed by atoms with Gasteiger partial charge in [0.15, 0.2) is 0 Å². The summed E-state index contributed by atoms with van der Waals surface area (Å²) in [5, 5.41) is 1.44. The zero-order valence-electron chi connectivity index (χ0n) is 14.6. The maximum Gasteiger partial charge on any atom is 0.264 e. The van der Waals surface area contributed by atoms with E-state index in [4.69, 9.17) is 21.3 Å². The van der Waals surface area contributed by atoms with Gasteiger partial charge in [0.05, 0.1) is 15.5 Å². The predicted octanol–water partition coefficient (Wildman–Crippen LogP) is 2.54. The molecule has 2 aliphatic rings. The fraction of sp³-hybridized carbons (Fsp3) is 0.250. The Kier molecular flexibility index (Phi) is 6.21. The van der Waals surface area contributed by atoms with Crippen molar-refractivity contribution in [2.24, 2.45) is 0 Å². The van der Waals surface area contributed by atoms with Crippen LogP contribution in [0.2, 0.25) is 0 Å². The van der Waals surface area contributed by atoms with E-state index in [9.17, 15) is 8.42 Å². The van der Waals surface area contributed by atoms with Crippen LogP contribution in [0, 0.1) is 3.57 Å². The van der Waals surface area contributed by atoms with Crippen molar-refractivity contribution in [2.75, 3.05) is 32.0 Å². The van der Waals surface area contributed by atoms with E-state index >= 15 is 0 Å². The fourth-order valence-electron chi connectivity index (χ4n) is 2.32. The number of anilines is 1. The molecule has 27 heavy (non-hydrogen) atoms. The molecule has 0 atom stereocenters. The van der Waals surface area contributed by atoms with Crippen LogP contribution in [0.25, 0.3) is 0 Å². The molecule has 0 amide bonds. The Balaban J connectivity index is 1.80. The van der Waals surface area contributed by atoms with Crippen molar-refractivity contribution in [2.45, 2.75) is 0 Å². The molecule has 0 saturated heterocycles. The second-order valence-corrected chi connectivity index (χ2v) is 9.16. The van der Waals surface area contributed by atoms with Crippen molar-refractivity contribution in [3.63, 3.8) is 0 Å². The topological polar surface area (TPSA) is 83.1 Å². The number of nitrogens with zero attached hydrogens (tertiary/aromatic N) is 2. The molecule has 0 saturated carbocycles. The molecule has 2 aliphatic heterocycles. The van der Waals surface area contributed by atoms with Gasteiger partial charge >= 0.3 is 0 Å². The number of fused-ring (bicyclic) bond motifs is 1. The van der Waals surface area contributed by atoms with E-state index in [-0.39, 0.29) is 10.1 Å². The summed E-state index contributed by atoms with van der Waals surface area (Å²) in [5.74, 6) is 0.616. The second-order valence-electron chi connectivity index (χ2n) is 5.96. The number of hydrogen-bond acceptors (Lipinski definition) is 7. The second kappa shape index (κ2) is 8.27. The first-order valence-corrected chi connectivity index (χ1v) is 10.8. The molecule has 0 radical (unpaired) electrons. The average Bonchev–Trinajstić information content (AvgIpc) is 3.07. The lowest BCUT2D eigenvalue weighted by Crippen LogP contribution is -2.26. The van der Waals surface area contributed by atoms with Crippen molar-refractivity contribution in [3.8, 4) is 5.75 Å². The van der Waals surface area contributed by atoms with Gasteiger partial charge < -0.3 is 9.64 Å². The Bertz CT molecular complexity index is 930. The summed E-state index contributed by atoms with van der Waals surface area (Å²) in [7, 11) is 0.0449. The third-order valence-electron chi connectivity index (χ3n) is 3.65. The van der Waals surface area contributed by atoms with Gasteiger partial charge in [-0.1, -0.05) is 11.6 Å². The van der Waals surface area contributed by atoms with Crippen molar-refractivity contribution >= 4 is 49.9 Å². The molecule has 2 N–H and O–H groups in total. The summed E-state index contributed by atoms with van der Waals surface area (Å²) in [6, 6.07) is 5.14. The number of nitrogens with one attached hydrogen (secondary N) is 2.